The van der Waals surface area contributed by atoms with E-state index < -0.39 is 11.7 Å². The molecule has 0 radical (unpaired) electrons. The number of nitrogens with zero attached hydrogens (tertiary/aromatic N) is 1. The van der Waals surface area contributed by atoms with Gasteiger partial charge in [-0.1, -0.05) is 11.2 Å². The number of rotatable bonds is 1. The number of anilines is 1. The molecule has 1 aromatic carbocycles. The Kier molecular flexibility index (Phi) is 2.00. The first kappa shape index (κ1) is 9.39. The van der Waals surface area contributed by atoms with Crippen molar-refractivity contribution < 1.29 is 14.8 Å². The zero-order valence-corrected chi connectivity index (χ0v) is 7.94. The highest BCUT2D eigenvalue weighted by atomic mass is 16.4. The van der Waals surface area contributed by atoms with Crippen molar-refractivity contribution in [3.8, 4) is 0 Å². The zero-order valence-electron chi connectivity index (χ0n) is 7.94. The number of benzene rings is 1. The van der Waals surface area contributed by atoms with Gasteiger partial charge in [0.1, 0.15) is 0 Å². The fraction of sp³-hybridized carbons (Fsp3) is 0.100. The van der Waals surface area contributed by atoms with Crippen LogP contribution in [0.15, 0.2) is 23.4 Å². The first-order valence-corrected chi connectivity index (χ1v) is 4.32. The van der Waals surface area contributed by atoms with Gasteiger partial charge in [0.05, 0.1) is 17.0 Å². The highest BCUT2D eigenvalue weighted by Gasteiger charge is 2.27. The van der Waals surface area contributed by atoms with Gasteiger partial charge < -0.3 is 10.5 Å². The van der Waals surface area contributed by atoms with Crippen LogP contribution in [0, 0.1) is 0 Å². The SMILES string of the molecule is C/C(=N\O)c1ccc2c(c1)C(=O)C(=O)N2. The molecule has 76 valence electrons. The normalized spacial score (nSPS) is 15.1. The molecule has 1 amide bonds. The van der Waals surface area contributed by atoms with Crippen molar-refractivity contribution in [2.75, 3.05) is 5.32 Å². The maximum atomic E-state index is 11.3. The minimum Gasteiger partial charge on any atom is -0.411 e. The molecule has 1 aromatic rings. The van der Waals surface area contributed by atoms with Gasteiger partial charge in [-0.2, -0.15) is 0 Å². The number of Topliss-reactive ketones (excluding diaryl/α,β-unsaturated/α-hetero) is 1. The number of amides is 1. The van der Waals surface area contributed by atoms with Gasteiger partial charge in [-0.25, -0.2) is 0 Å². The van der Waals surface area contributed by atoms with E-state index in [0.29, 0.717) is 22.5 Å². The zero-order chi connectivity index (χ0) is 11.0. The van der Waals surface area contributed by atoms with Crippen LogP contribution in [0.2, 0.25) is 0 Å². The number of carbonyl (C=O) groups excluding carboxylic acids is 2. The van der Waals surface area contributed by atoms with Crippen molar-refractivity contribution in [1.82, 2.24) is 0 Å². The molecule has 0 saturated carbocycles. The summed E-state index contributed by atoms with van der Waals surface area (Å²) in [4.78, 5) is 22.4. The lowest BCUT2D eigenvalue weighted by atomic mass is 10.1. The molecule has 15 heavy (non-hydrogen) atoms. The number of hydrogen-bond acceptors (Lipinski definition) is 4. The van der Waals surface area contributed by atoms with E-state index in [1.165, 1.54) is 6.07 Å². The summed E-state index contributed by atoms with van der Waals surface area (Å²) in [6.45, 7) is 1.61. The molecular formula is C10H8N2O3. The van der Waals surface area contributed by atoms with Crippen LogP contribution >= 0.6 is 0 Å². The second kappa shape index (κ2) is 3.20. The summed E-state index contributed by atoms with van der Waals surface area (Å²) < 4.78 is 0. The fourth-order valence-corrected chi connectivity index (χ4v) is 1.43. The fourth-order valence-electron chi connectivity index (χ4n) is 1.43. The van der Waals surface area contributed by atoms with E-state index in [9.17, 15) is 9.59 Å². The molecule has 0 atom stereocenters. The average molecular weight is 204 g/mol. The summed E-state index contributed by atoms with van der Waals surface area (Å²) in [6, 6.07) is 4.82. The largest absolute Gasteiger partial charge is 0.411 e. The summed E-state index contributed by atoms with van der Waals surface area (Å²) in [5, 5.41) is 14.0. The third kappa shape index (κ3) is 1.38. The standard InChI is InChI=1S/C10H8N2O3/c1-5(12-15)6-2-3-8-7(4-6)9(13)10(14)11-8/h2-4,15H,1H3,(H,11,13,14)/b12-5+. The van der Waals surface area contributed by atoms with Gasteiger partial charge in [-0.15, -0.1) is 0 Å². The van der Waals surface area contributed by atoms with Crippen molar-refractivity contribution in [3.05, 3.63) is 29.3 Å². The number of carbonyl (C=O) groups is 2. The summed E-state index contributed by atoms with van der Waals surface area (Å²) >= 11 is 0. The van der Waals surface area contributed by atoms with Crippen molar-refractivity contribution in [1.29, 1.82) is 0 Å². The Morgan fingerprint density at radius 1 is 1.40 bits per heavy atom. The Bertz CT molecular complexity index is 491. The first-order chi connectivity index (χ1) is 7.13. The van der Waals surface area contributed by atoms with E-state index >= 15 is 0 Å². The van der Waals surface area contributed by atoms with E-state index in [2.05, 4.69) is 10.5 Å². The molecule has 2 N–H and O–H groups in total. The monoisotopic (exact) mass is 204 g/mol. The molecule has 0 fully saturated rings. The van der Waals surface area contributed by atoms with Crippen LogP contribution in [0.25, 0.3) is 0 Å². The van der Waals surface area contributed by atoms with Crippen LogP contribution in [0.4, 0.5) is 5.69 Å². The minimum atomic E-state index is -0.624. The highest BCUT2D eigenvalue weighted by Crippen LogP contribution is 2.24. The number of hydrogen-bond donors (Lipinski definition) is 2. The lowest BCUT2D eigenvalue weighted by molar-refractivity contribution is -0.112. The Morgan fingerprint density at radius 2 is 2.13 bits per heavy atom. The Balaban J connectivity index is 2.53. The molecule has 0 spiro atoms. The Morgan fingerprint density at radius 3 is 2.80 bits per heavy atom. The van der Waals surface area contributed by atoms with Crippen molar-refractivity contribution >= 4 is 23.1 Å². The molecule has 0 aromatic heterocycles. The smallest absolute Gasteiger partial charge is 0.296 e. The number of oxime groups is 1. The predicted molar refractivity (Wildman–Crippen MR) is 53.4 cm³/mol. The van der Waals surface area contributed by atoms with Gasteiger partial charge >= 0.3 is 0 Å². The Labute approximate surface area is 85.4 Å². The summed E-state index contributed by atoms with van der Waals surface area (Å²) in [7, 11) is 0. The number of fused-ring (bicyclic) bond motifs is 1. The van der Waals surface area contributed by atoms with E-state index in [1.807, 2.05) is 0 Å². The van der Waals surface area contributed by atoms with Crippen LogP contribution in [-0.2, 0) is 4.79 Å². The maximum absolute atomic E-state index is 11.3. The van der Waals surface area contributed by atoms with Crippen molar-refractivity contribution in [2.24, 2.45) is 5.16 Å². The van der Waals surface area contributed by atoms with Gasteiger partial charge in [-0.05, 0) is 24.6 Å². The summed E-state index contributed by atoms with van der Waals surface area (Å²) in [5.41, 5.74) is 1.83. The van der Waals surface area contributed by atoms with E-state index in [-0.39, 0.29) is 0 Å². The molecule has 1 aliphatic heterocycles. The molecular weight excluding hydrogens is 196 g/mol. The average Bonchev–Trinajstić information content (AvgIpc) is 2.54. The number of nitrogens with one attached hydrogen (secondary N) is 1. The molecule has 5 nitrogen and oxygen atoms in total. The molecule has 2 rings (SSSR count). The van der Waals surface area contributed by atoms with Gasteiger partial charge in [-0.3, -0.25) is 9.59 Å². The van der Waals surface area contributed by atoms with Crippen LogP contribution in [0.3, 0.4) is 0 Å². The molecule has 1 heterocycles. The van der Waals surface area contributed by atoms with E-state index in [1.54, 1.807) is 19.1 Å². The maximum Gasteiger partial charge on any atom is 0.296 e. The molecule has 5 heteroatoms. The first-order valence-electron chi connectivity index (χ1n) is 4.32. The van der Waals surface area contributed by atoms with Crippen LogP contribution in [0.1, 0.15) is 22.8 Å². The van der Waals surface area contributed by atoms with Crippen molar-refractivity contribution in [2.45, 2.75) is 6.92 Å². The molecule has 0 unspecified atom stereocenters. The van der Waals surface area contributed by atoms with E-state index in [4.69, 9.17) is 5.21 Å². The third-order valence-corrected chi connectivity index (χ3v) is 2.29. The summed E-state index contributed by atoms with van der Waals surface area (Å²) in [6.07, 6.45) is 0. The molecule has 0 bridgehead atoms. The van der Waals surface area contributed by atoms with Crippen LogP contribution < -0.4 is 5.32 Å². The van der Waals surface area contributed by atoms with Gasteiger partial charge in [0.25, 0.3) is 11.7 Å². The molecule has 0 saturated heterocycles. The second-order valence-corrected chi connectivity index (χ2v) is 3.23. The van der Waals surface area contributed by atoms with Crippen molar-refractivity contribution in [3.63, 3.8) is 0 Å². The quantitative estimate of drug-likeness (QED) is 0.310. The van der Waals surface area contributed by atoms with Gasteiger partial charge in [0.15, 0.2) is 0 Å². The highest BCUT2D eigenvalue weighted by molar-refractivity contribution is 6.51. The lowest BCUT2D eigenvalue weighted by Crippen LogP contribution is -2.12. The number of ketones is 1. The second-order valence-electron chi connectivity index (χ2n) is 3.23. The topological polar surface area (TPSA) is 78.8 Å². The molecule has 0 aliphatic carbocycles. The van der Waals surface area contributed by atoms with E-state index in [0.717, 1.165) is 0 Å². The minimum absolute atomic E-state index is 0.320. The van der Waals surface area contributed by atoms with Gasteiger partial charge in [0, 0.05) is 0 Å². The molecule has 1 aliphatic rings. The summed E-state index contributed by atoms with van der Waals surface area (Å²) in [5.74, 6) is -1.18. The third-order valence-electron chi connectivity index (χ3n) is 2.29. The van der Waals surface area contributed by atoms with Crippen LogP contribution in [-0.4, -0.2) is 22.6 Å². The Hall–Kier alpha value is -2.17. The van der Waals surface area contributed by atoms with Gasteiger partial charge in [0.2, 0.25) is 0 Å². The predicted octanol–water partition coefficient (Wildman–Crippen LogP) is 1.02. The lowest BCUT2D eigenvalue weighted by Gasteiger charge is -2.00. The van der Waals surface area contributed by atoms with Crippen LogP contribution in [0.5, 0.6) is 0 Å².